The molecule has 1 heterocycles. The average Bonchev–Trinajstić information content (AvgIpc) is 2.88. The Hall–Kier alpha value is -1.13. The smallest absolute Gasteiger partial charge is 0.0646 e. The molecule has 3 nitrogen and oxygen atoms in total. The van der Waals surface area contributed by atoms with Gasteiger partial charge in [0, 0.05) is 22.6 Å². The molecule has 0 radical (unpaired) electrons. The van der Waals surface area contributed by atoms with Crippen LogP contribution in [-0.2, 0) is 12.0 Å². The molecule has 2 aromatic rings. The summed E-state index contributed by atoms with van der Waals surface area (Å²) in [4.78, 5) is 0. The number of hydrogen-bond acceptors (Lipinski definition) is 2. The lowest BCUT2D eigenvalue weighted by Gasteiger charge is -2.25. The van der Waals surface area contributed by atoms with Gasteiger partial charge in [-0.1, -0.05) is 48.0 Å². The van der Waals surface area contributed by atoms with E-state index in [9.17, 15) is 0 Å². The van der Waals surface area contributed by atoms with Crippen molar-refractivity contribution in [1.82, 2.24) is 9.78 Å². The average molecular weight is 350 g/mol. The number of benzene rings is 1. The van der Waals surface area contributed by atoms with Crippen molar-refractivity contribution in [3.05, 3.63) is 52.3 Å². The summed E-state index contributed by atoms with van der Waals surface area (Å²) in [5.74, 6) is 0. The van der Waals surface area contributed by atoms with E-state index in [-0.39, 0.29) is 0 Å². The number of halogens is 1. The number of hydrogen-bond donors (Lipinski definition) is 1. The SMILES string of the molecule is CCC(CC)n1ccc(CC(C)(N)c2ccccc2Br)n1. The third-order valence-corrected chi connectivity index (χ3v) is 4.71. The van der Waals surface area contributed by atoms with E-state index in [0.717, 1.165) is 35.0 Å². The predicted molar refractivity (Wildman–Crippen MR) is 91.2 cm³/mol. The molecule has 0 aliphatic carbocycles. The van der Waals surface area contributed by atoms with Crippen LogP contribution >= 0.6 is 15.9 Å². The number of aromatic nitrogens is 2. The molecule has 2 rings (SSSR count). The minimum absolute atomic E-state index is 0.437. The van der Waals surface area contributed by atoms with E-state index < -0.39 is 5.54 Å². The molecule has 0 fully saturated rings. The van der Waals surface area contributed by atoms with E-state index in [1.54, 1.807) is 0 Å². The molecule has 2 N–H and O–H groups in total. The van der Waals surface area contributed by atoms with E-state index in [1.165, 1.54) is 0 Å². The molecule has 114 valence electrons. The standard InChI is InChI=1S/C17H24BrN3/c1-4-14(5-2)21-11-10-13(20-21)12-17(3,19)15-8-6-7-9-16(15)18/h6-11,14H,4-5,12,19H2,1-3H3. The quantitative estimate of drug-likeness (QED) is 0.838. The van der Waals surface area contributed by atoms with Gasteiger partial charge in [0.05, 0.1) is 11.7 Å². The molecule has 0 amide bonds. The van der Waals surface area contributed by atoms with Crippen LogP contribution in [-0.4, -0.2) is 9.78 Å². The Balaban J connectivity index is 2.19. The van der Waals surface area contributed by atoms with Crippen LogP contribution in [0.1, 0.15) is 50.9 Å². The molecule has 0 aliphatic rings. The highest BCUT2D eigenvalue weighted by Crippen LogP contribution is 2.29. The third kappa shape index (κ3) is 3.74. The van der Waals surface area contributed by atoms with Crippen molar-refractivity contribution in [3.8, 4) is 0 Å². The Labute approximate surface area is 135 Å². The minimum Gasteiger partial charge on any atom is -0.321 e. The molecule has 1 aromatic heterocycles. The lowest BCUT2D eigenvalue weighted by Crippen LogP contribution is -2.36. The van der Waals surface area contributed by atoms with Crippen LogP contribution in [0.3, 0.4) is 0 Å². The molecule has 4 heteroatoms. The Morgan fingerprint density at radius 1 is 1.24 bits per heavy atom. The van der Waals surface area contributed by atoms with Gasteiger partial charge in [0.25, 0.3) is 0 Å². The van der Waals surface area contributed by atoms with E-state index in [1.807, 2.05) is 18.2 Å². The molecule has 1 atom stereocenters. The fourth-order valence-electron chi connectivity index (χ4n) is 2.73. The molecule has 0 saturated carbocycles. The summed E-state index contributed by atoms with van der Waals surface area (Å²) in [6, 6.07) is 10.7. The van der Waals surface area contributed by atoms with Crippen molar-refractivity contribution in [1.29, 1.82) is 0 Å². The van der Waals surface area contributed by atoms with Crippen LogP contribution in [0.25, 0.3) is 0 Å². The molecule has 1 unspecified atom stereocenters. The van der Waals surface area contributed by atoms with Gasteiger partial charge >= 0.3 is 0 Å². The number of nitrogens with two attached hydrogens (primary N) is 1. The van der Waals surface area contributed by atoms with Crippen molar-refractivity contribution in [2.75, 3.05) is 0 Å². The van der Waals surface area contributed by atoms with Gasteiger partial charge in [0.2, 0.25) is 0 Å². The fraction of sp³-hybridized carbons (Fsp3) is 0.471. The second-order valence-corrected chi connectivity index (χ2v) is 6.69. The van der Waals surface area contributed by atoms with E-state index in [0.29, 0.717) is 6.04 Å². The zero-order chi connectivity index (χ0) is 15.5. The molecule has 0 aliphatic heterocycles. The second-order valence-electron chi connectivity index (χ2n) is 5.83. The zero-order valence-electron chi connectivity index (χ0n) is 13.0. The first-order valence-corrected chi connectivity index (χ1v) is 8.35. The highest BCUT2D eigenvalue weighted by Gasteiger charge is 2.25. The van der Waals surface area contributed by atoms with Crippen molar-refractivity contribution in [3.63, 3.8) is 0 Å². The first-order valence-electron chi connectivity index (χ1n) is 7.55. The molecule has 0 spiro atoms. The maximum absolute atomic E-state index is 6.54. The van der Waals surface area contributed by atoms with Crippen LogP contribution in [0.5, 0.6) is 0 Å². The van der Waals surface area contributed by atoms with Gasteiger partial charge in [-0.25, -0.2) is 0 Å². The predicted octanol–water partition coefficient (Wildman–Crippen LogP) is 4.42. The van der Waals surface area contributed by atoms with Gasteiger partial charge in [0.15, 0.2) is 0 Å². The van der Waals surface area contributed by atoms with Crippen LogP contribution in [0.4, 0.5) is 0 Å². The summed E-state index contributed by atoms with van der Waals surface area (Å²) in [5.41, 5.74) is 8.26. The first-order chi connectivity index (χ1) is 9.97. The van der Waals surface area contributed by atoms with Crippen LogP contribution in [0.2, 0.25) is 0 Å². The molecule has 21 heavy (non-hydrogen) atoms. The Bertz CT molecular complexity index is 585. The minimum atomic E-state index is -0.437. The summed E-state index contributed by atoms with van der Waals surface area (Å²) in [6.45, 7) is 6.45. The van der Waals surface area contributed by atoms with Gasteiger partial charge < -0.3 is 5.73 Å². The lowest BCUT2D eigenvalue weighted by atomic mass is 9.88. The highest BCUT2D eigenvalue weighted by molar-refractivity contribution is 9.10. The molecular weight excluding hydrogens is 326 g/mol. The monoisotopic (exact) mass is 349 g/mol. The third-order valence-electron chi connectivity index (χ3n) is 4.02. The van der Waals surface area contributed by atoms with Gasteiger partial charge in [0.1, 0.15) is 0 Å². The summed E-state index contributed by atoms with van der Waals surface area (Å²) in [7, 11) is 0. The molecule has 0 bridgehead atoms. The summed E-state index contributed by atoms with van der Waals surface area (Å²) in [5, 5.41) is 4.71. The van der Waals surface area contributed by atoms with Crippen molar-refractivity contribution in [2.45, 2.75) is 51.6 Å². The Morgan fingerprint density at radius 3 is 2.52 bits per heavy atom. The summed E-state index contributed by atoms with van der Waals surface area (Å²) in [6.07, 6.45) is 5.00. The number of rotatable bonds is 6. The van der Waals surface area contributed by atoms with Gasteiger partial charge in [-0.3, -0.25) is 4.68 Å². The Kier molecular flexibility index (Phi) is 5.22. The van der Waals surface area contributed by atoms with Crippen LogP contribution < -0.4 is 5.73 Å². The van der Waals surface area contributed by atoms with Gasteiger partial charge in [-0.05, 0) is 37.5 Å². The maximum Gasteiger partial charge on any atom is 0.0646 e. The Morgan fingerprint density at radius 2 is 1.90 bits per heavy atom. The molecule has 1 aromatic carbocycles. The highest BCUT2D eigenvalue weighted by atomic mass is 79.9. The van der Waals surface area contributed by atoms with Gasteiger partial charge in [-0.15, -0.1) is 0 Å². The maximum atomic E-state index is 6.54. The van der Waals surface area contributed by atoms with Crippen LogP contribution in [0.15, 0.2) is 41.0 Å². The molecule has 0 saturated heterocycles. The zero-order valence-corrected chi connectivity index (χ0v) is 14.6. The lowest BCUT2D eigenvalue weighted by molar-refractivity contribution is 0.417. The largest absolute Gasteiger partial charge is 0.321 e. The first kappa shape index (κ1) is 16.2. The summed E-state index contributed by atoms with van der Waals surface area (Å²) >= 11 is 3.59. The fourth-order valence-corrected chi connectivity index (χ4v) is 3.47. The van der Waals surface area contributed by atoms with Crippen molar-refractivity contribution in [2.24, 2.45) is 5.73 Å². The molecular formula is C17H24BrN3. The normalized spacial score (nSPS) is 14.4. The van der Waals surface area contributed by atoms with Crippen molar-refractivity contribution < 1.29 is 0 Å². The van der Waals surface area contributed by atoms with Crippen molar-refractivity contribution >= 4 is 15.9 Å². The van der Waals surface area contributed by atoms with E-state index in [4.69, 9.17) is 10.8 Å². The topological polar surface area (TPSA) is 43.8 Å². The van der Waals surface area contributed by atoms with E-state index in [2.05, 4.69) is 59.7 Å². The number of nitrogens with zero attached hydrogens (tertiary/aromatic N) is 2. The van der Waals surface area contributed by atoms with Crippen LogP contribution in [0, 0.1) is 0 Å². The second kappa shape index (κ2) is 6.75. The summed E-state index contributed by atoms with van der Waals surface area (Å²) < 4.78 is 3.13. The van der Waals surface area contributed by atoms with E-state index >= 15 is 0 Å². The van der Waals surface area contributed by atoms with Gasteiger partial charge in [-0.2, -0.15) is 5.10 Å².